The van der Waals surface area contributed by atoms with E-state index in [0.29, 0.717) is 6.42 Å². The first-order chi connectivity index (χ1) is 8.59. The fourth-order valence-corrected chi connectivity index (χ4v) is 2.88. The first-order valence-corrected chi connectivity index (χ1v) is 7.15. The van der Waals surface area contributed by atoms with E-state index in [0.717, 1.165) is 12.1 Å². The van der Waals surface area contributed by atoms with E-state index in [1.54, 1.807) is 13.8 Å². The largest absolute Gasteiger partial charge is 0.393 e. The molecule has 8 heteroatoms. The number of hydrogen-bond donors (Lipinski definition) is 2. The average molecular weight is 287 g/mol. The lowest BCUT2D eigenvalue weighted by Gasteiger charge is -2.24. The van der Waals surface area contributed by atoms with Gasteiger partial charge in [0.15, 0.2) is 0 Å². The monoisotopic (exact) mass is 287 g/mol. The summed E-state index contributed by atoms with van der Waals surface area (Å²) in [6.45, 7) is 5.35. The van der Waals surface area contributed by atoms with E-state index in [2.05, 4.69) is 4.72 Å². The van der Waals surface area contributed by atoms with Crippen molar-refractivity contribution in [1.29, 1.82) is 0 Å². The Bertz CT molecular complexity index is 596. The number of nitrogens with two attached hydrogens (primary N) is 1. The van der Waals surface area contributed by atoms with Crippen LogP contribution in [0.1, 0.15) is 27.2 Å². The zero-order valence-electron chi connectivity index (χ0n) is 11.0. The Morgan fingerprint density at radius 2 is 2.00 bits per heavy atom. The molecule has 19 heavy (non-hydrogen) atoms. The van der Waals surface area contributed by atoms with E-state index < -0.39 is 20.5 Å². The number of sulfonamides is 1. The fourth-order valence-electron chi connectivity index (χ4n) is 1.36. The van der Waals surface area contributed by atoms with Crippen LogP contribution in [0.2, 0.25) is 0 Å². The van der Waals surface area contributed by atoms with E-state index >= 15 is 0 Å². The number of rotatable bonds is 5. The lowest BCUT2D eigenvalue weighted by Crippen LogP contribution is -2.42. The molecule has 0 atom stereocenters. The molecule has 0 radical (unpaired) electrons. The summed E-state index contributed by atoms with van der Waals surface area (Å²) in [6, 6.07) is 3.34. The maximum Gasteiger partial charge on any atom is 0.292 e. The van der Waals surface area contributed by atoms with E-state index in [4.69, 9.17) is 5.73 Å². The van der Waals surface area contributed by atoms with Crippen molar-refractivity contribution >= 4 is 21.4 Å². The molecule has 0 heterocycles. The molecule has 0 aliphatic rings. The van der Waals surface area contributed by atoms with E-state index in [-0.39, 0.29) is 16.3 Å². The van der Waals surface area contributed by atoms with Gasteiger partial charge in [-0.25, -0.2) is 13.1 Å². The normalized spacial score (nSPS) is 12.4. The number of benzene rings is 1. The molecule has 0 bridgehead atoms. The van der Waals surface area contributed by atoms with Gasteiger partial charge in [-0.3, -0.25) is 10.1 Å². The molecular weight excluding hydrogens is 270 g/mol. The molecule has 0 aliphatic carbocycles. The second-order valence-electron chi connectivity index (χ2n) is 4.82. The summed E-state index contributed by atoms with van der Waals surface area (Å²) in [5.41, 5.74) is 4.39. The lowest BCUT2D eigenvalue weighted by atomic mass is 10.0. The van der Waals surface area contributed by atoms with Gasteiger partial charge in [0.1, 0.15) is 5.69 Å². The summed E-state index contributed by atoms with van der Waals surface area (Å²) in [7, 11) is -3.75. The molecule has 0 saturated heterocycles. The number of nitrogens with one attached hydrogen (secondary N) is 1. The molecule has 0 amide bonds. The van der Waals surface area contributed by atoms with E-state index in [1.165, 1.54) is 6.07 Å². The second kappa shape index (κ2) is 5.14. The van der Waals surface area contributed by atoms with Crippen LogP contribution in [0.3, 0.4) is 0 Å². The van der Waals surface area contributed by atoms with Crippen molar-refractivity contribution in [2.75, 3.05) is 5.73 Å². The van der Waals surface area contributed by atoms with Gasteiger partial charge in [0.2, 0.25) is 10.0 Å². The van der Waals surface area contributed by atoms with Crippen LogP contribution in [-0.4, -0.2) is 18.9 Å². The number of anilines is 1. The Hall–Kier alpha value is -1.67. The Morgan fingerprint density at radius 1 is 1.42 bits per heavy atom. The van der Waals surface area contributed by atoms with Gasteiger partial charge in [-0.1, -0.05) is 6.92 Å². The smallest absolute Gasteiger partial charge is 0.292 e. The SMILES string of the molecule is CCC(C)(C)NS(=O)(=O)c1ccc([N+](=O)[O-])c(N)c1. The molecule has 106 valence electrons. The van der Waals surface area contributed by atoms with Crippen molar-refractivity contribution in [3.05, 3.63) is 28.3 Å². The third-order valence-corrected chi connectivity index (χ3v) is 4.50. The fraction of sp³-hybridized carbons (Fsp3) is 0.455. The molecule has 7 nitrogen and oxygen atoms in total. The van der Waals surface area contributed by atoms with E-state index in [1.807, 2.05) is 6.92 Å². The minimum atomic E-state index is -3.75. The number of hydrogen-bond acceptors (Lipinski definition) is 5. The van der Waals surface area contributed by atoms with Crippen molar-refractivity contribution in [3.63, 3.8) is 0 Å². The van der Waals surface area contributed by atoms with Gasteiger partial charge in [0.05, 0.1) is 9.82 Å². The summed E-state index contributed by atoms with van der Waals surface area (Å²) in [4.78, 5) is 9.87. The molecule has 0 saturated carbocycles. The van der Waals surface area contributed by atoms with Crippen molar-refractivity contribution < 1.29 is 13.3 Å². The molecule has 0 unspecified atom stereocenters. The van der Waals surface area contributed by atoms with Crippen LogP contribution in [-0.2, 0) is 10.0 Å². The Morgan fingerprint density at radius 3 is 2.42 bits per heavy atom. The minimum absolute atomic E-state index is 0.0860. The minimum Gasteiger partial charge on any atom is -0.393 e. The van der Waals surface area contributed by atoms with Gasteiger partial charge in [0, 0.05) is 11.6 Å². The highest BCUT2D eigenvalue weighted by molar-refractivity contribution is 7.89. The number of nitrogen functional groups attached to an aromatic ring is 1. The summed E-state index contributed by atoms with van der Waals surface area (Å²) < 4.78 is 26.7. The van der Waals surface area contributed by atoms with Crippen LogP contribution in [0.5, 0.6) is 0 Å². The molecule has 1 aromatic carbocycles. The van der Waals surface area contributed by atoms with Crippen LogP contribution in [0.15, 0.2) is 23.1 Å². The predicted molar refractivity (Wildman–Crippen MR) is 72.2 cm³/mol. The zero-order valence-corrected chi connectivity index (χ0v) is 11.8. The summed E-state index contributed by atoms with van der Waals surface area (Å²) in [5.74, 6) is 0. The molecule has 1 aromatic rings. The molecule has 0 fully saturated rings. The molecule has 1 rings (SSSR count). The van der Waals surface area contributed by atoms with Crippen molar-refractivity contribution in [2.45, 2.75) is 37.6 Å². The number of nitro benzene ring substituents is 1. The topological polar surface area (TPSA) is 115 Å². The molecule has 0 aliphatic heterocycles. The highest BCUT2D eigenvalue weighted by Gasteiger charge is 2.25. The standard InChI is InChI=1S/C11H17N3O4S/c1-4-11(2,3)13-19(17,18)8-5-6-10(14(15)16)9(12)7-8/h5-7,13H,4,12H2,1-3H3. The third kappa shape index (κ3) is 3.65. The van der Waals surface area contributed by atoms with Crippen molar-refractivity contribution in [2.24, 2.45) is 0 Å². The molecule has 0 spiro atoms. The molecule has 0 aromatic heterocycles. The Kier molecular flexibility index (Phi) is 4.16. The Labute approximate surface area is 112 Å². The van der Waals surface area contributed by atoms with Crippen LogP contribution in [0.4, 0.5) is 11.4 Å². The highest BCUT2D eigenvalue weighted by Crippen LogP contribution is 2.25. The maximum atomic E-state index is 12.1. The van der Waals surface area contributed by atoms with Crippen LogP contribution in [0.25, 0.3) is 0 Å². The first kappa shape index (κ1) is 15.4. The average Bonchev–Trinajstić information content (AvgIpc) is 2.27. The highest BCUT2D eigenvalue weighted by atomic mass is 32.2. The van der Waals surface area contributed by atoms with Gasteiger partial charge in [-0.2, -0.15) is 0 Å². The second-order valence-corrected chi connectivity index (χ2v) is 6.50. The first-order valence-electron chi connectivity index (χ1n) is 5.67. The number of nitrogens with zero attached hydrogens (tertiary/aromatic N) is 1. The van der Waals surface area contributed by atoms with Crippen LogP contribution in [0, 0.1) is 10.1 Å². The van der Waals surface area contributed by atoms with Crippen molar-refractivity contribution in [1.82, 2.24) is 4.72 Å². The van der Waals surface area contributed by atoms with Gasteiger partial charge in [0.25, 0.3) is 5.69 Å². The lowest BCUT2D eigenvalue weighted by molar-refractivity contribution is -0.383. The van der Waals surface area contributed by atoms with Crippen LogP contribution >= 0.6 is 0 Å². The molecular formula is C11H17N3O4S. The zero-order chi connectivity index (χ0) is 14.8. The van der Waals surface area contributed by atoms with Gasteiger partial charge < -0.3 is 5.73 Å². The maximum absolute atomic E-state index is 12.1. The summed E-state index contributed by atoms with van der Waals surface area (Å²) >= 11 is 0. The van der Waals surface area contributed by atoms with Crippen molar-refractivity contribution in [3.8, 4) is 0 Å². The van der Waals surface area contributed by atoms with Gasteiger partial charge in [-0.05, 0) is 32.4 Å². The third-order valence-electron chi connectivity index (χ3n) is 2.80. The van der Waals surface area contributed by atoms with E-state index in [9.17, 15) is 18.5 Å². The number of nitro groups is 1. The molecule has 3 N–H and O–H groups in total. The Balaban J connectivity index is 3.17. The summed E-state index contributed by atoms with van der Waals surface area (Å²) in [6.07, 6.45) is 0.606. The predicted octanol–water partition coefficient (Wildman–Crippen LogP) is 1.64. The summed E-state index contributed by atoms with van der Waals surface area (Å²) in [5, 5.41) is 10.6. The van der Waals surface area contributed by atoms with Gasteiger partial charge >= 0.3 is 0 Å². The van der Waals surface area contributed by atoms with Crippen LogP contribution < -0.4 is 10.5 Å². The quantitative estimate of drug-likeness (QED) is 0.485. The van der Waals surface area contributed by atoms with Gasteiger partial charge in [-0.15, -0.1) is 0 Å².